The molecule has 4 heteroatoms. The van der Waals surface area contributed by atoms with E-state index in [1.165, 1.54) is 38.5 Å². The molecule has 2 saturated carbocycles. The number of hydrogen-bond acceptors (Lipinski definition) is 2. The van der Waals surface area contributed by atoms with Crippen LogP contribution in [0.5, 0.6) is 5.75 Å². The maximum atomic E-state index is 5.68. The van der Waals surface area contributed by atoms with Crippen LogP contribution in [0.4, 0.5) is 0 Å². The number of hydrogen-bond donors (Lipinski definition) is 2. The Balaban J connectivity index is 1.44. The third-order valence-electron chi connectivity index (χ3n) is 3.99. The summed E-state index contributed by atoms with van der Waals surface area (Å²) in [5.74, 6) is 1.88. The molecule has 114 valence electrons. The summed E-state index contributed by atoms with van der Waals surface area (Å²) in [6, 6.07) is 11.2. The van der Waals surface area contributed by atoms with Crippen molar-refractivity contribution in [3.05, 3.63) is 30.3 Å². The van der Waals surface area contributed by atoms with Gasteiger partial charge in [-0.05, 0) is 37.8 Å². The largest absolute Gasteiger partial charge is 0.492 e. The number of nitrogens with one attached hydrogen (secondary N) is 2. The first kappa shape index (κ1) is 14.2. The van der Waals surface area contributed by atoms with E-state index in [0.717, 1.165) is 11.7 Å². The van der Waals surface area contributed by atoms with E-state index in [4.69, 9.17) is 4.74 Å². The maximum absolute atomic E-state index is 5.68. The summed E-state index contributed by atoms with van der Waals surface area (Å²) in [4.78, 5) is 4.65. The van der Waals surface area contributed by atoms with E-state index in [1.54, 1.807) is 0 Å². The van der Waals surface area contributed by atoms with Crippen molar-refractivity contribution < 1.29 is 4.74 Å². The second kappa shape index (κ2) is 7.34. The van der Waals surface area contributed by atoms with E-state index in [0.29, 0.717) is 25.2 Å². The highest BCUT2D eigenvalue weighted by atomic mass is 16.5. The van der Waals surface area contributed by atoms with Gasteiger partial charge in [0.25, 0.3) is 0 Å². The van der Waals surface area contributed by atoms with Crippen LogP contribution in [-0.4, -0.2) is 31.2 Å². The van der Waals surface area contributed by atoms with Gasteiger partial charge in [-0.1, -0.05) is 31.0 Å². The van der Waals surface area contributed by atoms with Crippen molar-refractivity contribution in [1.82, 2.24) is 10.6 Å². The molecule has 21 heavy (non-hydrogen) atoms. The van der Waals surface area contributed by atoms with Gasteiger partial charge in [0.1, 0.15) is 12.4 Å². The van der Waals surface area contributed by atoms with Crippen LogP contribution >= 0.6 is 0 Å². The molecule has 2 aliphatic rings. The average molecular weight is 287 g/mol. The van der Waals surface area contributed by atoms with Gasteiger partial charge in [0.05, 0.1) is 6.54 Å². The molecule has 2 N–H and O–H groups in total. The summed E-state index contributed by atoms with van der Waals surface area (Å²) in [6.45, 7) is 1.30. The van der Waals surface area contributed by atoms with Crippen LogP contribution in [0.15, 0.2) is 35.3 Å². The van der Waals surface area contributed by atoms with Crippen molar-refractivity contribution in [1.29, 1.82) is 0 Å². The van der Waals surface area contributed by atoms with Crippen LogP contribution < -0.4 is 15.4 Å². The van der Waals surface area contributed by atoms with Gasteiger partial charge in [-0.3, -0.25) is 0 Å². The normalized spacial score (nSPS) is 19.5. The van der Waals surface area contributed by atoms with E-state index in [1.807, 2.05) is 30.3 Å². The Labute approximate surface area is 127 Å². The number of para-hydroxylation sites is 1. The lowest BCUT2D eigenvalue weighted by molar-refractivity contribution is 0.328. The van der Waals surface area contributed by atoms with Crippen molar-refractivity contribution in [3.63, 3.8) is 0 Å². The lowest BCUT2D eigenvalue weighted by atomic mass is 10.2. The molecule has 1 aromatic carbocycles. The predicted octanol–water partition coefficient (Wildman–Crippen LogP) is 2.71. The topological polar surface area (TPSA) is 45.6 Å². The van der Waals surface area contributed by atoms with Crippen LogP contribution in [-0.2, 0) is 0 Å². The first-order valence-electron chi connectivity index (χ1n) is 8.15. The minimum atomic E-state index is 0.602. The highest BCUT2D eigenvalue weighted by molar-refractivity contribution is 5.80. The lowest BCUT2D eigenvalue weighted by Gasteiger charge is -2.17. The van der Waals surface area contributed by atoms with Crippen molar-refractivity contribution >= 4 is 5.96 Å². The molecule has 0 unspecified atom stereocenters. The molecule has 0 aliphatic heterocycles. The molecule has 2 aliphatic carbocycles. The fourth-order valence-corrected chi connectivity index (χ4v) is 2.66. The fourth-order valence-electron chi connectivity index (χ4n) is 2.66. The fraction of sp³-hybridized carbons (Fsp3) is 0.588. The van der Waals surface area contributed by atoms with Crippen LogP contribution in [0.25, 0.3) is 0 Å². The number of guanidine groups is 1. The van der Waals surface area contributed by atoms with Gasteiger partial charge >= 0.3 is 0 Å². The summed E-state index contributed by atoms with van der Waals surface area (Å²) >= 11 is 0. The highest BCUT2D eigenvalue weighted by Gasteiger charge is 2.24. The smallest absolute Gasteiger partial charge is 0.191 e. The number of ether oxygens (including phenoxy) is 1. The number of nitrogens with zero attached hydrogens (tertiary/aromatic N) is 1. The van der Waals surface area contributed by atoms with Gasteiger partial charge in [0.2, 0.25) is 0 Å². The Morgan fingerprint density at radius 3 is 2.33 bits per heavy atom. The standard InChI is InChI=1S/C17H25N3O/c1-2-8-16(9-3-1)21-13-12-18-17(20-15-10-11-15)19-14-6-4-5-7-14/h1-3,8-9,14-15H,4-7,10-13H2,(H2,18,19,20). The van der Waals surface area contributed by atoms with Gasteiger partial charge in [-0.15, -0.1) is 0 Å². The highest BCUT2D eigenvalue weighted by Crippen LogP contribution is 2.20. The van der Waals surface area contributed by atoms with Gasteiger partial charge < -0.3 is 15.4 Å². The molecule has 0 saturated heterocycles. The zero-order valence-corrected chi connectivity index (χ0v) is 12.6. The quantitative estimate of drug-likeness (QED) is 0.480. The molecular weight excluding hydrogens is 262 g/mol. The summed E-state index contributed by atoms with van der Waals surface area (Å²) in [5.41, 5.74) is 0. The zero-order chi connectivity index (χ0) is 14.3. The number of aliphatic imine (C=N–C) groups is 1. The van der Waals surface area contributed by atoms with Gasteiger partial charge in [0.15, 0.2) is 5.96 Å². The second-order valence-electron chi connectivity index (χ2n) is 5.94. The SMILES string of the molecule is c1ccc(OCCN=C(NC2CCCC2)NC2CC2)cc1. The minimum absolute atomic E-state index is 0.602. The molecule has 1 aromatic rings. The Morgan fingerprint density at radius 1 is 1.00 bits per heavy atom. The summed E-state index contributed by atoms with van der Waals surface area (Å²) in [7, 11) is 0. The monoisotopic (exact) mass is 287 g/mol. The molecule has 0 heterocycles. The van der Waals surface area contributed by atoms with Crippen molar-refractivity contribution in [2.75, 3.05) is 13.2 Å². The molecule has 0 spiro atoms. The van der Waals surface area contributed by atoms with E-state index in [-0.39, 0.29) is 0 Å². The zero-order valence-electron chi connectivity index (χ0n) is 12.6. The van der Waals surface area contributed by atoms with Crippen molar-refractivity contribution in [2.24, 2.45) is 4.99 Å². The Kier molecular flexibility index (Phi) is 4.98. The first-order valence-corrected chi connectivity index (χ1v) is 8.15. The van der Waals surface area contributed by atoms with Gasteiger partial charge in [0, 0.05) is 12.1 Å². The van der Waals surface area contributed by atoms with Crippen LogP contribution in [0.2, 0.25) is 0 Å². The molecule has 0 aromatic heterocycles. The van der Waals surface area contributed by atoms with E-state index in [9.17, 15) is 0 Å². The van der Waals surface area contributed by atoms with Crippen LogP contribution in [0, 0.1) is 0 Å². The van der Waals surface area contributed by atoms with E-state index < -0.39 is 0 Å². The Morgan fingerprint density at radius 2 is 1.67 bits per heavy atom. The summed E-state index contributed by atoms with van der Waals surface area (Å²) in [6.07, 6.45) is 7.76. The second-order valence-corrected chi connectivity index (χ2v) is 5.94. The van der Waals surface area contributed by atoms with E-state index >= 15 is 0 Å². The first-order chi connectivity index (χ1) is 10.4. The lowest BCUT2D eigenvalue weighted by Crippen LogP contribution is -2.43. The summed E-state index contributed by atoms with van der Waals surface area (Å²) in [5, 5.41) is 7.07. The van der Waals surface area contributed by atoms with Crippen LogP contribution in [0.1, 0.15) is 38.5 Å². The third kappa shape index (κ3) is 4.96. The molecule has 0 bridgehead atoms. The third-order valence-corrected chi connectivity index (χ3v) is 3.99. The molecule has 0 atom stereocenters. The maximum Gasteiger partial charge on any atom is 0.191 e. The molecule has 0 radical (unpaired) electrons. The molecule has 0 amide bonds. The molecule has 3 rings (SSSR count). The minimum Gasteiger partial charge on any atom is -0.492 e. The summed E-state index contributed by atoms with van der Waals surface area (Å²) < 4.78 is 5.68. The molecule has 2 fully saturated rings. The Bertz CT molecular complexity index is 450. The number of benzene rings is 1. The van der Waals surface area contributed by atoms with Crippen LogP contribution in [0.3, 0.4) is 0 Å². The number of rotatable bonds is 6. The van der Waals surface area contributed by atoms with Gasteiger partial charge in [-0.25, -0.2) is 4.99 Å². The average Bonchev–Trinajstić information content (AvgIpc) is 3.18. The molecular formula is C17H25N3O. The predicted molar refractivity (Wildman–Crippen MR) is 85.8 cm³/mol. The van der Waals surface area contributed by atoms with Crippen molar-refractivity contribution in [3.8, 4) is 5.75 Å². The molecule has 4 nitrogen and oxygen atoms in total. The van der Waals surface area contributed by atoms with E-state index in [2.05, 4.69) is 15.6 Å². The van der Waals surface area contributed by atoms with Crippen molar-refractivity contribution in [2.45, 2.75) is 50.6 Å². The Hall–Kier alpha value is -1.71. The van der Waals surface area contributed by atoms with Gasteiger partial charge in [-0.2, -0.15) is 0 Å².